The van der Waals surface area contributed by atoms with Gasteiger partial charge in [0.25, 0.3) is 0 Å². The third kappa shape index (κ3) is 6.46. The molecule has 0 radical (unpaired) electrons. The molecule has 1 N–H and O–H groups in total. The summed E-state index contributed by atoms with van der Waals surface area (Å²) in [6.45, 7) is 1.57. The lowest BCUT2D eigenvalue weighted by Crippen LogP contribution is -2.34. The van der Waals surface area contributed by atoms with Gasteiger partial charge in [-0.05, 0) is 86.4 Å². The van der Waals surface area contributed by atoms with Crippen LogP contribution in [0.5, 0.6) is 0 Å². The van der Waals surface area contributed by atoms with E-state index in [0.717, 1.165) is 53.5 Å². The molecule has 0 saturated carbocycles. The second-order valence-electron chi connectivity index (χ2n) is 11.4. The van der Waals surface area contributed by atoms with Gasteiger partial charge in [0.05, 0.1) is 11.7 Å². The van der Waals surface area contributed by atoms with Gasteiger partial charge in [-0.1, -0.05) is 18.2 Å². The van der Waals surface area contributed by atoms with E-state index in [2.05, 4.69) is 20.3 Å². The van der Waals surface area contributed by atoms with Crippen LogP contribution in [0.2, 0.25) is 0 Å². The lowest BCUT2D eigenvalue weighted by atomic mass is 9.95. The number of hydrogen-bond donors (Lipinski definition) is 1. The molecule has 230 valence electrons. The van der Waals surface area contributed by atoms with Crippen molar-refractivity contribution in [3.63, 3.8) is 0 Å². The zero-order valence-electron chi connectivity index (χ0n) is 24.0. The quantitative estimate of drug-likeness (QED) is 0.223. The summed E-state index contributed by atoms with van der Waals surface area (Å²) in [5.41, 5.74) is 3.05. The molecule has 0 bridgehead atoms. The standard InChI is InChI=1S/C33H32F5N5O/c34-23-16-21(17-24(35)19-23)18-28(40-30(44)20-43-29-8-2-1-6-27(29)32(41-43)33(36,37)38)31-26(7-5-13-39-31)22-9-11-25(12-10-22)42-14-3-4-15-42/h5,7,9-13,16-17,19,28H,1-4,6,8,14-15,18,20H2,(H,40,44)/t28-/m0/s1. The van der Waals surface area contributed by atoms with Crippen LogP contribution in [0.25, 0.3) is 11.1 Å². The van der Waals surface area contributed by atoms with Crippen LogP contribution in [0, 0.1) is 11.6 Å². The topological polar surface area (TPSA) is 63.1 Å². The van der Waals surface area contributed by atoms with E-state index in [0.29, 0.717) is 36.2 Å². The van der Waals surface area contributed by atoms with Crippen molar-refractivity contribution in [3.05, 3.63) is 101 Å². The van der Waals surface area contributed by atoms with E-state index >= 15 is 0 Å². The lowest BCUT2D eigenvalue weighted by Gasteiger charge is -2.23. The number of rotatable bonds is 8. The number of halogens is 5. The number of fused-ring (bicyclic) bond motifs is 1. The summed E-state index contributed by atoms with van der Waals surface area (Å²) in [6, 6.07) is 14.0. The van der Waals surface area contributed by atoms with Gasteiger partial charge < -0.3 is 10.2 Å². The Hall–Kier alpha value is -4.28. The minimum Gasteiger partial charge on any atom is -0.372 e. The van der Waals surface area contributed by atoms with Gasteiger partial charge in [-0.2, -0.15) is 18.3 Å². The highest BCUT2D eigenvalue weighted by Gasteiger charge is 2.39. The molecule has 2 aliphatic rings. The number of aromatic nitrogens is 3. The third-order valence-electron chi connectivity index (χ3n) is 8.33. The molecule has 1 atom stereocenters. The van der Waals surface area contributed by atoms with Gasteiger partial charge in [-0.3, -0.25) is 14.5 Å². The molecule has 1 fully saturated rings. The maximum Gasteiger partial charge on any atom is 0.435 e. The molecule has 0 unspecified atom stereocenters. The fraction of sp³-hybridized carbons (Fsp3) is 0.364. The first-order chi connectivity index (χ1) is 21.2. The van der Waals surface area contributed by atoms with Gasteiger partial charge in [0.2, 0.25) is 5.91 Å². The first-order valence-electron chi connectivity index (χ1n) is 14.9. The van der Waals surface area contributed by atoms with E-state index in [1.807, 2.05) is 30.3 Å². The highest BCUT2D eigenvalue weighted by Crippen LogP contribution is 2.36. The largest absolute Gasteiger partial charge is 0.435 e. The highest BCUT2D eigenvalue weighted by atomic mass is 19.4. The van der Waals surface area contributed by atoms with Crippen molar-refractivity contribution in [1.82, 2.24) is 20.1 Å². The molecule has 44 heavy (non-hydrogen) atoms. The summed E-state index contributed by atoms with van der Waals surface area (Å²) in [5, 5.41) is 6.70. The van der Waals surface area contributed by atoms with Gasteiger partial charge in [-0.15, -0.1) is 0 Å². The second-order valence-corrected chi connectivity index (χ2v) is 11.4. The Balaban J connectivity index is 1.32. The summed E-state index contributed by atoms with van der Waals surface area (Å²) in [5.74, 6) is -2.10. The first kappa shape index (κ1) is 29.8. The van der Waals surface area contributed by atoms with Crippen LogP contribution in [0.4, 0.5) is 27.6 Å². The normalized spacial score (nSPS) is 15.7. The van der Waals surface area contributed by atoms with Gasteiger partial charge in [-0.25, -0.2) is 8.78 Å². The third-order valence-corrected chi connectivity index (χ3v) is 8.33. The smallest absolute Gasteiger partial charge is 0.372 e. The summed E-state index contributed by atoms with van der Waals surface area (Å²) in [6.07, 6.45) is 1.23. The molecular weight excluding hydrogens is 577 g/mol. The summed E-state index contributed by atoms with van der Waals surface area (Å²) in [7, 11) is 0. The van der Waals surface area contributed by atoms with E-state index in [1.54, 1.807) is 12.3 Å². The maximum atomic E-state index is 14.1. The van der Waals surface area contributed by atoms with Crippen LogP contribution >= 0.6 is 0 Å². The van der Waals surface area contributed by atoms with Crippen LogP contribution in [0.3, 0.4) is 0 Å². The van der Waals surface area contributed by atoms with E-state index in [9.17, 15) is 26.7 Å². The van der Waals surface area contributed by atoms with E-state index in [4.69, 9.17) is 0 Å². The minimum absolute atomic E-state index is 0.00130. The van der Waals surface area contributed by atoms with Crippen molar-refractivity contribution in [2.75, 3.05) is 18.0 Å². The van der Waals surface area contributed by atoms with E-state index < -0.39 is 42.0 Å². The molecule has 3 heterocycles. The number of hydrogen-bond acceptors (Lipinski definition) is 4. The van der Waals surface area contributed by atoms with Crippen molar-refractivity contribution in [2.24, 2.45) is 0 Å². The molecule has 1 saturated heterocycles. The molecular formula is C33H32F5N5O. The van der Waals surface area contributed by atoms with Crippen LogP contribution in [-0.2, 0) is 36.8 Å². The monoisotopic (exact) mass is 609 g/mol. The predicted molar refractivity (Wildman–Crippen MR) is 156 cm³/mol. The molecule has 6 rings (SSSR count). The number of carbonyl (C=O) groups excluding carboxylic acids is 1. The van der Waals surface area contributed by atoms with Crippen molar-refractivity contribution < 1.29 is 26.7 Å². The zero-order valence-corrected chi connectivity index (χ0v) is 24.0. The number of benzene rings is 2. The number of carbonyl (C=O) groups is 1. The molecule has 4 aromatic rings. The molecule has 2 aromatic carbocycles. The summed E-state index contributed by atoms with van der Waals surface area (Å²) >= 11 is 0. The van der Waals surface area contributed by atoms with Crippen molar-refractivity contribution >= 4 is 11.6 Å². The highest BCUT2D eigenvalue weighted by molar-refractivity contribution is 5.77. The van der Waals surface area contributed by atoms with Crippen LogP contribution in [-0.4, -0.2) is 33.8 Å². The van der Waals surface area contributed by atoms with Crippen LogP contribution < -0.4 is 10.2 Å². The summed E-state index contributed by atoms with van der Waals surface area (Å²) < 4.78 is 70.6. The molecule has 1 aliphatic heterocycles. The molecule has 11 heteroatoms. The number of nitrogens with one attached hydrogen (secondary N) is 1. The number of pyridine rings is 1. The molecule has 6 nitrogen and oxygen atoms in total. The number of nitrogens with zero attached hydrogens (tertiary/aromatic N) is 4. The fourth-order valence-electron chi connectivity index (χ4n) is 6.35. The van der Waals surface area contributed by atoms with Gasteiger partial charge in [0.1, 0.15) is 18.2 Å². The number of anilines is 1. The predicted octanol–water partition coefficient (Wildman–Crippen LogP) is 6.82. The fourth-order valence-corrected chi connectivity index (χ4v) is 6.35. The Morgan fingerprint density at radius 3 is 2.34 bits per heavy atom. The first-order valence-corrected chi connectivity index (χ1v) is 14.9. The Labute approximate surface area is 251 Å². The van der Waals surface area contributed by atoms with Crippen molar-refractivity contribution in [1.29, 1.82) is 0 Å². The Kier molecular flexibility index (Phi) is 8.38. The Bertz CT molecular complexity index is 1620. The minimum atomic E-state index is -4.62. The number of alkyl halides is 3. The average molecular weight is 610 g/mol. The van der Waals surface area contributed by atoms with Gasteiger partial charge in [0, 0.05) is 47.9 Å². The Morgan fingerprint density at radius 1 is 0.932 bits per heavy atom. The molecule has 2 aromatic heterocycles. The SMILES string of the molecule is O=C(Cn1nc(C(F)(F)F)c2c1CCCC2)N[C@@H](Cc1cc(F)cc(F)c1)c1ncccc1-c1ccc(N2CCCC2)cc1. The lowest BCUT2D eigenvalue weighted by molar-refractivity contribution is -0.142. The zero-order chi connectivity index (χ0) is 30.8. The van der Waals surface area contributed by atoms with Crippen molar-refractivity contribution in [3.8, 4) is 11.1 Å². The van der Waals surface area contributed by atoms with Crippen LogP contribution in [0.1, 0.15) is 59.9 Å². The Morgan fingerprint density at radius 2 is 1.64 bits per heavy atom. The second kappa shape index (κ2) is 12.4. The van der Waals surface area contributed by atoms with E-state index in [-0.39, 0.29) is 18.4 Å². The van der Waals surface area contributed by atoms with Crippen molar-refractivity contribution in [2.45, 2.75) is 63.7 Å². The van der Waals surface area contributed by atoms with Gasteiger partial charge in [0.15, 0.2) is 5.69 Å². The molecule has 0 spiro atoms. The maximum absolute atomic E-state index is 14.1. The number of amides is 1. The molecule has 1 aliphatic carbocycles. The van der Waals surface area contributed by atoms with Crippen LogP contribution in [0.15, 0.2) is 60.8 Å². The van der Waals surface area contributed by atoms with E-state index in [1.165, 1.54) is 12.1 Å². The molecule has 1 amide bonds. The van der Waals surface area contributed by atoms with Gasteiger partial charge >= 0.3 is 6.18 Å². The summed E-state index contributed by atoms with van der Waals surface area (Å²) in [4.78, 5) is 20.4. The average Bonchev–Trinajstić information content (AvgIpc) is 3.66.